The van der Waals surface area contributed by atoms with Gasteiger partial charge in [0, 0.05) is 0 Å². The van der Waals surface area contributed by atoms with E-state index in [4.69, 9.17) is 77.6 Å². The van der Waals surface area contributed by atoms with Crippen LogP contribution >= 0.6 is 77.6 Å². The van der Waals surface area contributed by atoms with Crippen LogP contribution in [0.3, 0.4) is 0 Å². The largest absolute Gasteiger partial charge is 0.358 e. The Balaban J connectivity index is 4.40. The Hall–Kier alpha value is 2.68. The minimum atomic E-state index is -3.06. The lowest BCUT2D eigenvalue weighted by atomic mass is 26.4. The van der Waals surface area contributed by atoms with Gasteiger partial charge >= 0.3 is 11.2 Å². The molecule has 0 aliphatic heterocycles. The van der Waals surface area contributed by atoms with Crippen molar-refractivity contribution in [2.75, 3.05) is 0 Å². The lowest BCUT2D eigenvalue weighted by Gasteiger charge is -2.21. The topological polar surface area (TPSA) is 0 Å². The molecule has 10 heavy (non-hydrogen) atoms. The molecule has 10 heteroatoms. The third kappa shape index (κ3) is 3.20. The molecule has 0 rings (SSSR count). The summed E-state index contributed by atoms with van der Waals surface area (Å²) >= 11 is 39.2. The van der Waals surface area contributed by atoms with Gasteiger partial charge in [-0.05, 0) is 0 Å². The van der Waals surface area contributed by atoms with Gasteiger partial charge in [-0.3, -0.25) is 0 Å². The van der Waals surface area contributed by atoms with Crippen molar-refractivity contribution in [2.45, 2.75) is 0 Å². The summed E-state index contributed by atoms with van der Waals surface area (Å²) in [7, 11) is 0. The van der Waals surface area contributed by atoms with Crippen LogP contribution in [-0.2, 0) is 0 Å². The lowest BCUT2D eigenvalue weighted by molar-refractivity contribution is 3.40. The number of halogens is 7. The van der Waals surface area contributed by atoms with Crippen LogP contribution in [0.25, 0.3) is 0 Å². The van der Waals surface area contributed by atoms with Crippen molar-refractivity contribution in [3.8, 4) is 0 Å². The zero-order valence-electron chi connectivity index (χ0n) is 4.22. The maximum absolute atomic E-state index is 5.72. The van der Waals surface area contributed by atoms with Crippen molar-refractivity contribution in [3.05, 3.63) is 0 Å². The lowest BCUT2D eigenvalue weighted by Crippen LogP contribution is -2.51. The van der Waals surface area contributed by atoms with Crippen LogP contribution in [0.2, 0.25) is 0 Å². The van der Waals surface area contributed by atoms with E-state index in [1.807, 2.05) is 0 Å². The average Bonchev–Trinajstić information content (AvgIpc) is 1.62. The fourth-order valence-electron chi connectivity index (χ4n) is 0.124. The number of hydrogen-bond donors (Lipinski definition) is 0. The van der Waals surface area contributed by atoms with Crippen LogP contribution in [0.5, 0.6) is 0 Å². The van der Waals surface area contributed by atoms with Crippen molar-refractivity contribution < 1.29 is 0 Å². The maximum atomic E-state index is 5.72. The smallest absolute Gasteiger partial charge is 0.151 e. The van der Waals surface area contributed by atoms with Gasteiger partial charge in [0.05, 0.1) is 0 Å². The molecule has 0 aliphatic carbocycles. The molecule has 0 unspecified atom stereocenters. The van der Waals surface area contributed by atoms with Gasteiger partial charge in [0.2, 0.25) is 0 Å². The van der Waals surface area contributed by atoms with E-state index in [9.17, 15) is 0 Å². The Kier molecular flexibility index (Phi) is 5.41. The van der Waals surface area contributed by atoms with Crippen LogP contribution < -0.4 is 0 Å². The molecule has 0 heterocycles. The maximum Gasteiger partial charge on any atom is 0.358 e. The molecule has 0 aliphatic rings. The van der Waals surface area contributed by atoms with Crippen LogP contribution in [0.4, 0.5) is 0 Å². The van der Waals surface area contributed by atoms with Crippen LogP contribution in [-0.4, -0.2) is 18.2 Å². The van der Waals surface area contributed by atoms with E-state index in [-0.39, 0.29) is 0 Å². The molecule has 0 amide bonds. The van der Waals surface area contributed by atoms with Gasteiger partial charge in [-0.15, -0.1) is 55.4 Å². The first kappa shape index (κ1) is 12.7. The van der Waals surface area contributed by atoms with E-state index < -0.39 is 18.2 Å². The molecule has 62 valence electrons. The summed E-state index contributed by atoms with van der Waals surface area (Å²) in [4.78, 5) is 0. The Morgan fingerprint density at radius 1 is 0.800 bits per heavy atom. The number of rotatable bonds is 2. The quantitative estimate of drug-likeness (QED) is 0.537. The summed E-state index contributed by atoms with van der Waals surface area (Å²) in [6.45, 7) is -2.22. The third-order valence-electron chi connectivity index (χ3n) is 0.652. The molecular formula is HCl7Si3. The van der Waals surface area contributed by atoms with Crippen molar-refractivity contribution in [2.24, 2.45) is 0 Å². The van der Waals surface area contributed by atoms with Gasteiger partial charge in [0.1, 0.15) is 0 Å². The zero-order chi connectivity index (χ0) is 8.58. The first-order valence-corrected chi connectivity index (χ1v) is 17.3. The molecule has 0 bridgehead atoms. The van der Waals surface area contributed by atoms with Crippen molar-refractivity contribution >= 4 is 95.7 Å². The van der Waals surface area contributed by atoms with E-state index in [0.717, 1.165) is 0 Å². The summed E-state index contributed by atoms with van der Waals surface area (Å²) in [5.41, 5.74) is -6.00. The summed E-state index contributed by atoms with van der Waals surface area (Å²) < 4.78 is 0. The molecule has 0 aromatic rings. The highest BCUT2D eigenvalue weighted by atomic mass is 35.9. The minimum absolute atomic E-state index is 2.22. The second-order valence-electron chi connectivity index (χ2n) is 1.42. The fourth-order valence-corrected chi connectivity index (χ4v) is 30.1. The molecule has 0 aromatic heterocycles. The summed E-state index contributed by atoms with van der Waals surface area (Å²) in [6.07, 6.45) is 0. The number of hydrogen-bond acceptors (Lipinski definition) is 0. The Labute approximate surface area is 94.8 Å². The normalized spacial score (nSPS) is 14.4. The van der Waals surface area contributed by atoms with E-state index in [2.05, 4.69) is 0 Å². The summed E-state index contributed by atoms with van der Waals surface area (Å²) in [5, 5.41) is 0. The van der Waals surface area contributed by atoms with Crippen molar-refractivity contribution in [1.82, 2.24) is 0 Å². The van der Waals surface area contributed by atoms with Gasteiger partial charge in [-0.2, -0.15) is 22.2 Å². The van der Waals surface area contributed by atoms with Crippen molar-refractivity contribution in [3.63, 3.8) is 0 Å². The Morgan fingerprint density at radius 2 is 1.10 bits per heavy atom. The third-order valence-corrected chi connectivity index (χ3v) is 52.8. The molecule has 0 saturated heterocycles. The predicted molar refractivity (Wildman–Crippen MR) is 59.6 cm³/mol. The van der Waals surface area contributed by atoms with Crippen molar-refractivity contribution in [1.29, 1.82) is 0 Å². The Bertz CT molecular complexity index is 111. The summed E-state index contributed by atoms with van der Waals surface area (Å²) in [5.74, 6) is 0. The van der Waals surface area contributed by atoms with Crippen LogP contribution in [0.15, 0.2) is 0 Å². The molecule has 0 saturated carbocycles. The van der Waals surface area contributed by atoms with Gasteiger partial charge in [-0.1, -0.05) is 0 Å². The first-order valence-electron chi connectivity index (χ1n) is 1.92. The standard InChI is InChI=1S/Cl7HSi3/c1-8(2)10(6,7)9(3,4)5/h8H. The summed E-state index contributed by atoms with van der Waals surface area (Å²) in [6, 6.07) is 0. The zero-order valence-corrected chi connectivity index (χ0v) is 12.7. The van der Waals surface area contributed by atoms with Crippen LogP contribution in [0, 0.1) is 0 Å². The first-order chi connectivity index (χ1) is 4.19. The minimum Gasteiger partial charge on any atom is -0.151 e. The van der Waals surface area contributed by atoms with Gasteiger partial charge in [-0.25, -0.2) is 0 Å². The highest BCUT2D eigenvalue weighted by Gasteiger charge is 2.58. The van der Waals surface area contributed by atoms with E-state index in [1.165, 1.54) is 0 Å². The van der Waals surface area contributed by atoms with Gasteiger partial charge in [0.15, 0.2) is 0 Å². The predicted octanol–water partition coefficient (Wildman–Crippen LogP) is 3.42. The molecule has 0 fully saturated rings. The molecule has 0 N–H and O–H groups in total. The highest BCUT2D eigenvalue weighted by molar-refractivity contribution is 8.17. The molecule has 0 atom stereocenters. The molecule has 0 aromatic carbocycles. The molecule has 0 radical (unpaired) electrons. The van der Waals surface area contributed by atoms with Crippen LogP contribution in [0.1, 0.15) is 0 Å². The van der Waals surface area contributed by atoms with E-state index >= 15 is 0 Å². The molecule has 0 nitrogen and oxygen atoms in total. The monoisotopic (exact) mass is 330 g/mol. The van der Waals surface area contributed by atoms with Gasteiger partial charge < -0.3 is 0 Å². The highest BCUT2D eigenvalue weighted by Crippen LogP contribution is 2.40. The average molecular weight is 333 g/mol. The Morgan fingerprint density at radius 3 is 1.10 bits per heavy atom. The van der Waals surface area contributed by atoms with E-state index in [0.29, 0.717) is 0 Å². The van der Waals surface area contributed by atoms with E-state index in [1.54, 1.807) is 0 Å². The molecular weight excluding hydrogens is 332 g/mol. The second kappa shape index (κ2) is 4.26. The SMILES string of the molecule is Cl[SiH](Cl)[Si](Cl)(Cl)[Si](Cl)(Cl)Cl. The molecule has 0 spiro atoms. The second-order valence-corrected chi connectivity index (χ2v) is 38.4. The van der Waals surface area contributed by atoms with Gasteiger partial charge in [0.25, 0.3) is 6.93 Å². The fraction of sp³-hybridized carbons (Fsp3) is 0.